The van der Waals surface area contributed by atoms with Crippen LogP contribution in [-0.2, 0) is 4.79 Å². The molecule has 1 amide bonds. The predicted molar refractivity (Wildman–Crippen MR) is 105 cm³/mol. The lowest BCUT2D eigenvalue weighted by molar-refractivity contribution is -0.121. The number of rotatable bonds is 5. The van der Waals surface area contributed by atoms with Crippen molar-refractivity contribution in [1.29, 1.82) is 5.26 Å². The fourth-order valence-electron chi connectivity index (χ4n) is 3.23. The first-order valence-electron chi connectivity index (χ1n) is 9.11. The lowest BCUT2D eigenvalue weighted by Gasteiger charge is -2.32. The van der Waals surface area contributed by atoms with Gasteiger partial charge in [0.2, 0.25) is 11.1 Å². The standard InChI is InChI=1S/C19H24N6OS/c1-13-6-8-15(9-7-13)16-23-24-18(25(16)21)27-14(2)17(26)22-19(12-20)10-4-3-5-11-19/h6-9,14H,3-5,10-11,21H2,1-2H3,(H,22,26)/t14-/m1/s1. The van der Waals surface area contributed by atoms with Crippen molar-refractivity contribution in [2.24, 2.45) is 0 Å². The van der Waals surface area contributed by atoms with E-state index in [0.717, 1.165) is 30.4 Å². The van der Waals surface area contributed by atoms with Crippen molar-refractivity contribution in [2.45, 2.75) is 61.9 Å². The van der Waals surface area contributed by atoms with Crippen LogP contribution in [0.15, 0.2) is 29.4 Å². The van der Waals surface area contributed by atoms with Gasteiger partial charge in [0.05, 0.1) is 11.3 Å². The van der Waals surface area contributed by atoms with E-state index in [1.54, 1.807) is 6.92 Å². The van der Waals surface area contributed by atoms with E-state index in [4.69, 9.17) is 5.84 Å². The number of hydrogen-bond acceptors (Lipinski definition) is 6. The number of nitrogens with two attached hydrogens (primary N) is 1. The summed E-state index contributed by atoms with van der Waals surface area (Å²) in [4.78, 5) is 12.6. The molecule has 3 rings (SSSR count). The second-order valence-electron chi connectivity index (χ2n) is 7.05. The third kappa shape index (κ3) is 4.25. The highest BCUT2D eigenvalue weighted by Gasteiger charge is 2.35. The molecule has 0 spiro atoms. The van der Waals surface area contributed by atoms with Crippen molar-refractivity contribution in [3.05, 3.63) is 29.8 Å². The summed E-state index contributed by atoms with van der Waals surface area (Å²) >= 11 is 1.24. The summed E-state index contributed by atoms with van der Waals surface area (Å²) in [6, 6.07) is 10.2. The number of hydrogen-bond donors (Lipinski definition) is 2. The van der Waals surface area contributed by atoms with Gasteiger partial charge in [-0.25, -0.2) is 4.68 Å². The number of nitrogens with one attached hydrogen (secondary N) is 1. The highest BCUT2D eigenvalue weighted by molar-refractivity contribution is 8.00. The first-order chi connectivity index (χ1) is 12.9. The Bertz CT molecular complexity index is 848. The minimum atomic E-state index is -0.742. The Morgan fingerprint density at radius 3 is 2.59 bits per heavy atom. The number of aryl methyl sites for hydroxylation is 1. The summed E-state index contributed by atoms with van der Waals surface area (Å²) in [5.74, 6) is 6.51. The van der Waals surface area contributed by atoms with Crippen molar-refractivity contribution in [1.82, 2.24) is 20.2 Å². The topological polar surface area (TPSA) is 110 Å². The molecule has 1 heterocycles. The maximum atomic E-state index is 12.6. The number of aromatic nitrogens is 3. The molecule has 2 aromatic rings. The molecule has 0 bridgehead atoms. The Hall–Kier alpha value is -2.53. The number of benzene rings is 1. The summed E-state index contributed by atoms with van der Waals surface area (Å²) in [5, 5.41) is 20.8. The molecule has 7 nitrogen and oxygen atoms in total. The summed E-state index contributed by atoms with van der Waals surface area (Å²) < 4.78 is 1.40. The smallest absolute Gasteiger partial charge is 0.234 e. The third-order valence-corrected chi connectivity index (χ3v) is 5.97. The van der Waals surface area contributed by atoms with Crippen LogP contribution >= 0.6 is 11.8 Å². The summed E-state index contributed by atoms with van der Waals surface area (Å²) in [7, 11) is 0. The molecule has 0 unspecified atom stereocenters. The van der Waals surface area contributed by atoms with Crippen molar-refractivity contribution in [2.75, 3.05) is 5.84 Å². The van der Waals surface area contributed by atoms with Crippen LogP contribution < -0.4 is 11.2 Å². The van der Waals surface area contributed by atoms with Crippen LogP contribution in [0.1, 0.15) is 44.6 Å². The summed E-state index contributed by atoms with van der Waals surface area (Å²) in [5.41, 5.74) is 1.27. The zero-order valence-electron chi connectivity index (χ0n) is 15.6. The van der Waals surface area contributed by atoms with E-state index >= 15 is 0 Å². The van der Waals surface area contributed by atoms with Gasteiger partial charge in [-0.2, -0.15) is 5.26 Å². The molecule has 1 aliphatic carbocycles. The first-order valence-corrected chi connectivity index (χ1v) is 9.99. The average molecular weight is 385 g/mol. The minimum absolute atomic E-state index is 0.177. The van der Waals surface area contributed by atoms with Crippen LogP contribution in [0.2, 0.25) is 0 Å². The van der Waals surface area contributed by atoms with Crippen LogP contribution in [0.25, 0.3) is 11.4 Å². The van der Waals surface area contributed by atoms with Crippen molar-refractivity contribution < 1.29 is 4.79 Å². The predicted octanol–water partition coefficient (Wildman–Crippen LogP) is 2.79. The van der Waals surface area contributed by atoms with Gasteiger partial charge in [0.15, 0.2) is 5.82 Å². The summed E-state index contributed by atoms with van der Waals surface area (Å²) in [6.07, 6.45) is 4.45. The van der Waals surface area contributed by atoms with E-state index in [1.807, 2.05) is 31.2 Å². The Balaban J connectivity index is 1.69. The zero-order chi connectivity index (χ0) is 19.4. The molecular weight excluding hydrogens is 360 g/mol. The van der Waals surface area contributed by atoms with Gasteiger partial charge in [0.25, 0.3) is 0 Å². The van der Waals surface area contributed by atoms with Gasteiger partial charge in [-0.05, 0) is 26.7 Å². The molecular formula is C19H24N6OS. The van der Waals surface area contributed by atoms with Crippen molar-refractivity contribution in [3.63, 3.8) is 0 Å². The fourth-order valence-corrected chi connectivity index (χ4v) is 4.00. The van der Waals surface area contributed by atoms with E-state index in [9.17, 15) is 10.1 Å². The Kier molecular flexibility index (Phi) is 5.71. The molecule has 0 aliphatic heterocycles. The Labute approximate surface area is 163 Å². The highest BCUT2D eigenvalue weighted by atomic mass is 32.2. The third-order valence-electron chi connectivity index (χ3n) is 4.91. The molecule has 1 fully saturated rings. The van der Waals surface area contributed by atoms with E-state index in [-0.39, 0.29) is 5.91 Å². The lowest BCUT2D eigenvalue weighted by Crippen LogP contribution is -2.51. The van der Waals surface area contributed by atoms with Gasteiger partial charge in [-0.15, -0.1) is 10.2 Å². The molecule has 27 heavy (non-hydrogen) atoms. The molecule has 1 aromatic carbocycles. The van der Waals surface area contributed by atoms with Crippen LogP contribution in [0.4, 0.5) is 0 Å². The molecule has 1 aliphatic rings. The van der Waals surface area contributed by atoms with E-state index in [0.29, 0.717) is 23.8 Å². The van der Waals surface area contributed by atoms with Gasteiger partial charge in [-0.3, -0.25) is 4.79 Å². The minimum Gasteiger partial charge on any atom is -0.337 e. The van der Waals surface area contributed by atoms with Crippen LogP contribution in [-0.4, -0.2) is 31.6 Å². The first kappa shape index (κ1) is 19.2. The largest absolute Gasteiger partial charge is 0.337 e. The Morgan fingerprint density at radius 2 is 1.96 bits per heavy atom. The van der Waals surface area contributed by atoms with Gasteiger partial charge in [0, 0.05) is 5.56 Å². The fraction of sp³-hybridized carbons (Fsp3) is 0.474. The maximum Gasteiger partial charge on any atom is 0.234 e. The van der Waals surface area contributed by atoms with Crippen molar-refractivity contribution in [3.8, 4) is 17.5 Å². The molecule has 8 heteroatoms. The number of thioether (sulfide) groups is 1. The average Bonchev–Trinajstić information content (AvgIpc) is 3.03. The van der Waals surface area contributed by atoms with Crippen LogP contribution in [0.5, 0.6) is 0 Å². The zero-order valence-corrected chi connectivity index (χ0v) is 16.4. The van der Waals surface area contributed by atoms with Crippen LogP contribution in [0, 0.1) is 18.3 Å². The SMILES string of the molecule is Cc1ccc(-c2nnc(S[C@H](C)C(=O)NC3(C#N)CCCCC3)n2N)cc1. The Morgan fingerprint density at radius 1 is 1.30 bits per heavy atom. The van der Waals surface area contributed by atoms with E-state index < -0.39 is 10.8 Å². The molecule has 0 saturated heterocycles. The maximum absolute atomic E-state index is 12.6. The molecule has 1 aromatic heterocycles. The number of carbonyl (C=O) groups excluding carboxylic acids is 1. The van der Waals surface area contributed by atoms with Gasteiger partial charge >= 0.3 is 0 Å². The highest BCUT2D eigenvalue weighted by Crippen LogP contribution is 2.29. The monoisotopic (exact) mass is 384 g/mol. The number of carbonyl (C=O) groups is 1. The quantitative estimate of drug-likeness (QED) is 0.606. The number of nitriles is 1. The number of amides is 1. The van der Waals surface area contributed by atoms with E-state index in [2.05, 4.69) is 21.6 Å². The second-order valence-corrected chi connectivity index (χ2v) is 8.35. The number of nitrogen functional groups attached to an aromatic ring is 1. The van der Waals surface area contributed by atoms with E-state index in [1.165, 1.54) is 16.4 Å². The molecule has 1 saturated carbocycles. The summed E-state index contributed by atoms with van der Waals surface area (Å²) in [6.45, 7) is 3.80. The molecule has 1 atom stereocenters. The number of nitrogens with zero attached hydrogens (tertiary/aromatic N) is 4. The molecule has 142 valence electrons. The molecule has 3 N–H and O–H groups in total. The van der Waals surface area contributed by atoms with Crippen molar-refractivity contribution >= 4 is 17.7 Å². The van der Waals surface area contributed by atoms with Gasteiger partial charge in [0.1, 0.15) is 5.54 Å². The second kappa shape index (κ2) is 8.01. The lowest BCUT2D eigenvalue weighted by atomic mass is 9.83. The normalized spacial score (nSPS) is 17.1. The van der Waals surface area contributed by atoms with Crippen LogP contribution in [0.3, 0.4) is 0 Å². The van der Waals surface area contributed by atoms with Gasteiger partial charge < -0.3 is 11.2 Å². The molecule has 0 radical (unpaired) electrons. The van der Waals surface area contributed by atoms with Gasteiger partial charge in [-0.1, -0.05) is 60.9 Å².